The third kappa shape index (κ3) is 4.88. The third-order valence-corrected chi connectivity index (χ3v) is 5.21. The van der Waals surface area contributed by atoms with Crippen molar-refractivity contribution in [1.29, 1.82) is 0 Å². The lowest BCUT2D eigenvalue weighted by Gasteiger charge is -2.16. The lowest BCUT2D eigenvalue weighted by molar-refractivity contribution is -0.447. The molecule has 0 spiro atoms. The number of fused-ring (bicyclic) bond motifs is 1. The number of aromatic nitrogens is 2. The summed E-state index contributed by atoms with van der Waals surface area (Å²) in [6.45, 7) is 4.93. The van der Waals surface area contributed by atoms with Gasteiger partial charge in [0.2, 0.25) is 5.91 Å². The topological polar surface area (TPSA) is 69.9 Å². The number of rotatable bonds is 7. The minimum absolute atomic E-state index is 0.0329. The van der Waals surface area contributed by atoms with Crippen LogP contribution in [0.1, 0.15) is 36.7 Å². The molecule has 0 saturated carbocycles. The number of amides is 1. The van der Waals surface area contributed by atoms with Crippen molar-refractivity contribution >= 4 is 41.0 Å². The van der Waals surface area contributed by atoms with E-state index in [0.29, 0.717) is 17.1 Å². The van der Waals surface area contributed by atoms with E-state index in [1.807, 2.05) is 42.0 Å². The highest BCUT2D eigenvalue weighted by Crippen LogP contribution is 2.25. The highest BCUT2D eigenvalue weighted by molar-refractivity contribution is 6.30. The predicted molar refractivity (Wildman–Crippen MR) is 120 cm³/mol. The minimum atomic E-state index is -0.462. The molecule has 1 atom stereocenters. The molecule has 31 heavy (non-hydrogen) atoms. The maximum absolute atomic E-state index is 13.5. The molecular weight excluding hydrogens is 417 g/mol. The van der Waals surface area contributed by atoms with Gasteiger partial charge >= 0.3 is 5.82 Å². The molecule has 8 heteroatoms. The largest absolute Gasteiger partial charge is 0.355 e. The first-order chi connectivity index (χ1) is 14.9. The van der Waals surface area contributed by atoms with Crippen molar-refractivity contribution in [2.45, 2.75) is 26.3 Å². The van der Waals surface area contributed by atoms with Gasteiger partial charge in [-0.15, -0.1) is 0 Å². The molecule has 2 aromatic carbocycles. The summed E-state index contributed by atoms with van der Waals surface area (Å²) in [6, 6.07) is 11.6. The Hall–Kier alpha value is -3.32. The molecule has 2 heterocycles. The molecule has 0 bridgehead atoms. The molecule has 0 saturated heterocycles. The van der Waals surface area contributed by atoms with Crippen LogP contribution in [0.2, 0.25) is 5.02 Å². The smallest absolute Gasteiger partial charge is 0.342 e. The zero-order valence-corrected chi connectivity index (χ0v) is 17.9. The van der Waals surface area contributed by atoms with Gasteiger partial charge in [-0.1, -0.05) is 23.7 Å². The van der Waals surface area contributed by atoms with E-state index in [1.54, 1.807) is 12.3 Å². The fourth-order valence-electron chi connectivity index (χ4n) is 3.44. The number of nitrogens with zero attached hydrogens (tertiary/aromatic N) is 3. The summed E-state index contributed by atoms with van der Waals surface area (Å²) in [5.41, 5.74) is 3.05. The van der Waals surface area contributed by atoms with Gasteiger partial charge in [-0.05, 0) is 60.3 Å². The standard InChI is InChI=1S/C23H21ClFN5O/c1-3-30-13-20-23(30)29-21(12-26-20)27-14(2)16-5-4-6-19(10-16)28-22(31)9-15-7-17(24)11-18(25)8-15/h4-8,10-14H,3,9H2,1-2H3,(H,28,31)/p+1. The van der Waals surface area contributed by atoms with E-state index >= 15 is 0 Å². The zero-order valence-electron chi connectivity index (χ0n) is 17.2. The molecule has 1 aromatic heterocycles. The Bertz CT molecular complexity index is 1160. The number of hydrogen-bond acceptors (Lipinski definition) is 4. The zero-order chi connectivity index (χ0) is 22.0. The molecule has 1 aliphatic rings. The maximum atomic E-state index is 13.5. The molecule has 6 nitrogen and oxygen atoms in total. The van der Waals surface area contributed by atoms with Crippen molar-refractivity contribution in [2.24, 2.45) is 0 Å². The van der Waals surface area contributed by atoms with Crippen LogP contribution in [0.3, 0.4) is 0 Å². The van der Waals surface area contributed by atoms with E-state index in [1.165, 1.54) is 12.1 Å². The van der Waals surface area contributed by atoms with Crippen LogP contribution in [0.15, 0.2) is 48.7 Å². The fourth-order valence-corrected chi connectivity index (χ4v) is 3.68. The molecule has 1 aliphatic heterocycles. The van der Waals surface area contributed by atoms with Crippen molar-refractivity contribution in [3.8, 4) is 0 Å². The van der Waals surface area contributed by atoms with Crippen LogP contribution in [0.5, 0.6) is 0 Å². The first-order valence-electron chi connectivity index (χ1n) is 10.0. The van der Waals surface area contributed by atoms with E-state index in [0.717, 1.165) is 23.6 Å². The van der Waals surface area contributed by atoms with Crippen molar-refractivity contribution in [3.63, 3.8) is 0 Å². The Morgan fingerprint density at radius 3 is 2.87 bits per heavy atom. The number of carbonyl (C=O) groups is 1. The van der Waals surface area contributed by atoms with Crippen LogP contribution in [0.25, 0.3) is 0 Å². The Labute approximate surface area is 184 Å². The summed E-state index contributed by atoms with van der Waals surface area (Å²) in [6.07, 6.45) is 3.72. The summed E-state index contributed by atoms with van der Waals surface area (Å²) < 4.78 is 15.5. The maximum Gasteiger partial charge on any atom is 0.355 e. The van der Waals surface area contributed by atoms with E-state index < -0.39 is 5.82 Å². The lowest BCUT2D eigenvalue weighted by atomic mass is 10.1. The van der Waals surface area contributed by atoms with E-state index in [-0.39, 0.29) is 23.4 Å². The van der Waals surface area contributed by atoms with Gasteiger partial charge in [0.15, 0.2) is 5.69 Å². The number of benzene rings is 2. The van der Waals surface area contributed by atoms with Crippen LogP contribution in [-0.2, 0) is 11.2 Å². The Morgan fingerprint density at radius 1 is 1.26 bits per heavy atom. The van der Waals surface area contributed by atoms with Crippen LogP contribution < -0.4 is 10.6 Å². The molecular formula is C23H22ClFN5O+. The first-order valence-corrected chi connectivity index (χ1v) is 10.4. The fraction of sp³-hybridized carbons (Fsp3) is 0.217. The van der Waals surface area contributed by atoms with E-state index in [4.69, 9.17) is 11.6 Å². The first kappa shape index (κ1) is 20.9. The number of anilines is 2. The predicted octanol–water partition coefficient (Wildman–Crippen LogP) is 4.72. The van der Waals surface area contributed by atoms with Crippen LogP contribution in [0.4, 0.5) is 21.7 Å². The Kier molecular flexibility index (Phi) is 5.95. The van der Waals surface area contributed by atoms with Gasteiger partial charge in [0, 0.05) is 10.7 Å². The second-order valence-corrected chi connectivity index (χ2v) is 7.81. The van der Waals surface area contributed by atoms with Crippen molar-refractivity contribution in [1.82, 2.24) is 9.97 Å². The van der Waals surface area contributed by atoms with Gasteiger partial charge in [-0.2, -0.15) is 0 Å². The van der Waals surface area contributed by atoms with Gasteiger partial charge in [0.05, 0.1) is 25.2 Å². The second kappa shape index (κ2) is 8.81. The van der Waals surface area contributed by atoms with E-state index in [9.17, 15) is 9.18 Å². The quantitative estimate of drug-likeness (QED) is 0.524. The molecule has 0 fully saturated rings. The van der Waals surface area contributed by atoms with Crippen LogP contribution >= 0.6 is 11.6 Å². The average molecular weight is 439 g/mol. The molecule has 2 N–H and O–H groups in total. The Morgan fingerprint density at radius 2 is 2.10 bits per heavy atom. The summed E-state index contributed by atoms with van der Waals surface area (Å²) in [5.74, 6) is 0.855. The molecule has 0 radical (unpaired) electrons. The van der Waals surface area contributed by atoms with Gasteiger partial charge in [-0.3, -0.25) is 4.79 Å². The highest BCUT2D eigenvalue weighted by atomic mass is 35.5. The minimum Gasteiger partial charge on any atom is -0.342 e. The Balaban J connectivity index is 1.41. The van der Waals surface area contributed by atoms with Gasteiger partial charge in [0.1, 0.15) is 12.0 Å². The average Bonchev–Trinajstić information content (AvgIpc) is 2.69. The molecule has 1 unspecified atom stereocenters. The molecule has 3 aromatic rings. The lowest BCUT2D eigenvalue weighted by Crippen LogP contribution is -2.22. The molecule has 4 rings (SSSR count). The van der Waals surface area contributed by atoms with Crippen molar-refractivity contribution in [3.05, 3.63) is 76.3 Å². The summed E-state index contributed by atoms with van der Waals surface area (Å²) in [5, 5.41) is 6.48. The highest BCUT2D eigenvalue weighted by Gasteiger charge is 2.27. The third-order valence-electron chi connectivity index (χ3n) is 4.99. The molecule has 0 aliphatic carbocycles. The second-order valence-electron chi connectivity index (χ2n) is 7.37. The normalized spacial score (nSPS) is 13.0. The SMILES string of the molecule is CC[N+]1=Cc2ncc(NC(C)c3cccc(NC(=O)Cc4cc(F)cc(Cl)c4)c3)nc21. The van der Waals surface area contributed by atoms with E-state index in [2.05, 4.69) is 27.5 Å². The van der Waals surface area contributed by atoms with Crippen molar-refractivity contribution in [2.75, 3.05) is 17.2 Å². The molecule has 158 valence electrons. The van der Waals surface area contributed by atoms with Crippen molar-refractivity contribution < 1.29 is 13.8 Å². The van der Waals surface area contributed by atoms with Gasteiger partial charge < -0.3 is 10.6 Å². The van der Waals surface area contributed by atoms with Crippen LogP contribution in [0, 0.1) is 5.82 Å². The number of halogens is 2. The molecule has 1 amide bonds. The van der Waals surface area contributed by atoms with Crippen LogP contribution in [-0.4, -0.2) is 33.2 Å². The number of nitrogens with one attached hydrogen (secondary N) is 2. The number of carbonyl (C=O) groups excluding carboxylic acids is 1. The summed E-state index contributed by atoms with van der Waals surface area (Å²) in [7, 11) is 0. The van der Waals surface area contributed by atoms with Gasteiger partial charge in [-0.25, -0.2) is 13.9 Å². The summed E-state index contributed by atoms with van der Waals surface area (Å²) >= 11 is 5.86. The van der Waals surface area contributed by atoms with Gasteiger partial charge in [0.25, 0.3) is 5.82 Å². The number of hydrogen-bond donors (Lipinski definition) is 2. The monoisotopic (exact) mass is 438 g/mol. The summed E-state index contributed by atoms with van der Waals surface area (Å²) in [4.78, 5) is 21.4.